The van der Waals surface area contributed by atoms with Gasteiger partial charge in [-0.15, -0.1) is 0 Å². The smallest absolute Gasteiger partial charge is 0.243 e. The van der Waals surface area contributed by atoms with E-state index < -0.39 is 10.0 Å². The molecular weight excluding hydrogens is 364 g/mol. The van der Waals surface area contributed by atoms with Crippen LogP contribution >= 0.6 is 0 Å². The van der Waals surface area contributed by atoms with E-state index in [0.717, 1.165) is 5.56 Å². The average molecular weight is 386 g/mol. The van der Waals surface area contributed by atoms with Crippen LogP contribution in [0.4, 0.5) is 0 Å². The number of amides is 1. The molecule has 2 aromatic rings. The van der Waals surface area contributed by atoms with Crippen molar-refractivity contribution < 1.29 is 17.9 Å². The minimum atomic E-state index is -3.75. The second-order valence-electron chi connectivity index (χ2n) is 7.01. The first-order chi connectivity index (χ1) is 13.0. The number of sulfonamides is 1. The van der Waals surface area contributed by atoms with Crippen molar-refractivity contribution in [2.75, 3.05) is 26.7 Å². The summed E-state index contributed by atoms with van der Waals surface area (Å²) in [6.45, 7) is 0.981. The van der Waals surface area contributed by atoms with Gasteiger partial charge in [0, 0.05) is 38.0 Å². The van der Waals surface area contributed by atoms with E-state index in [9.17, 15) is 13.2 Å². The van der Waals surface area contributed by atoms with Gasteiger partial charge < -0.3 is 9.64 Å². The van der Waals surface area contributed by atoms with E-state index in [0.29, 0.717) is 18.9 Å². The fraction of sp³-hybridized carbons (Fsp3) is 0.350. The summed E-state index contributed by atoms with van der Waals surface area (Å²) in [4.78, 5) is 14.3. The second-order valence-corrected chi connectivity index (χ2v) is 8.90. The average Bonchev–Trinajstić information content (AvgIpc) is 2.68. The number of fused-ring (bicyclic) bond motifs is 3. The van der Waals surface area contributed by atoms with Gasteiger partial charge in [0.05, 0.1) is 17.5 Å². The Labute approximate surface area is 159 Å². The Bertz CT molecular complexity index is 945. The quantitative estimate of drug-likeness (QED) is 0.794. The SMILES string of the molecule is CN1C[C@H]2COc3ccccc3[C@H]2N(S(=O)(=O)c2ccccc2)CCC1=O. The van der Waals surface area contributed by atoms with Crippen LogP contribution in [0.25, 0.3) is 0 Å². The Kier molecular flexibility index (Phi) is 4.65. The highest BCUT2D eigenvalue weighted by Crippen LogP contribution is 2.42. The third-order valence-electron chi connectivity index (χ3n) is 5.28. The molecule has 2 atom stereocenters. The Balaban J connectivity index is 1.84. The minimum absolute atomic E-state index is 0.0550. The van der Waals surface area contributed by atoms with Crippen molar-refractivity contribution in [3.63, 3.8) is 0 Å². The minimum Gasteiger partial charge on any atom is -0.493 e. The summed E-state index contributed by atoms with van der Waals surface area (Å²) in [5, 5.41) is 0. The van der Waals surface area contributed by atoms with Crippen LogP contribution in [-0.4, -0.2) is 50.3 Å². The third-order valence-corrected chi connectivity index (χ3v) is 7.17. The lowest BCUT2D eigenvalue weighted by molar-refractivity contribution is -0.132. The first-order valence-electron chi connectivity index (χ1n) is 9.01. The number of para-hydroxylation sites is 1. The lowest BCUT2D eigenvalue weighted by Crippen LogP contribution is -2.50. The highest BCUT2D eigenvalue weighted by molar-refractivity contribution is 7.89. The maximum atomic E-state index is 13.5. The van der Waals surface area contributed by atoms with Gasteiger partial charge in [0.1, 0.15) is 5.75 Å². The van der Waals surface area contributed by atoms with Crippen molar-refractivity contribution in [2.45, 2.75) is 17.4 Å². The summed E-state index contributed by atoms with van der Waals surface area (Å²) >= 11 is 0. The molecule has 0 aliphatic carbocycles. The number of carbonyl (C=O) groups is 1. The van der Waals surface area contributed by atoms with Gasteiger partial charge in [-0.25, -0.2) is 8.42 Å². The Morgan fingerprint density at radius 2 is 1.74 bits per heavy atom. The fourth-order valence-electron chi connectivity index (χ4n) is 3.93. The summed E-state index contributed by atoms with van der Waals surface area (Å²) in [7, 11) is -1.98. The van der Waals surface area contributed by atoms with E-state index in [1.807, 2.05) is 24.3 Å². The van der Waals surface area contributed by atoms with Gasteiger partial charge in [-0.05, 0) is 18.2 Å². The van der Waals surface area contributed by atoms with Crippen LogP contribution in [0.1, 0.15) is 18.0 Å². The predicted molar refractivity (Wildman–Crippen MR) is 101 cm³/mol. The molecule has 0 aromatic heterocycles. The molecule has 2 aliphatic heterocycles. The van der Waals surface area contributed by atoms with Crippen molar-refractivity contribution in [3.05, 3.63) is 60.2 Å². The Morgan fingerprint density at radius 1 is 1.04 bits per heavy atom. The van der Waals surface area contributed by atoms with Crippen molar-refractivity contribution in [1.82, 2.24) is 9.21 Å². The van der Waals surface area contributed by atoms with Gasteiger partial charge >= 0.3 is 0 Å². The zero-order valence-electron chi connectivity index (χ0n) is 15.1. The summed E-state index contributed by atoms with van der Waals surface area (Å²) < 4.78 is 34.3. The summed E-state index contributed by atoms with van der Waals surface area (Å²) in [6, 6.07) is 15.6. The molecule has 1 amide bonds. The molecular formula is C20H22N2O4S. The molecule has 7 heteroatoms. The van der Waals surface area contributed by atoms with E-state index in [2.05, 4.69) is 0 Å². The van der Waals surface area contributed by atoms with Gasteiger partial charge in [0.25, 0.3) is 0 Å². The molecule has 0 N–H and O–H groups in total. The van der Waals surface area contributed by atoms with Gasteiger partial charge in [-0.2, -0.15) is 4.31 Å². The zero-order chi connectivity index (χ0) is 19.0. The topological polar surface area (TPSA) is 66.9 Å². The number of carbonyl (C=O) groups excluding carboxylic acids is 1. The zero-order valence-corrected chi connectivity index (χ0v) is 15.9. The van der Waals surface area contributed by atoms with Crippen LogP contribution in [0.3, 0.4) is 0 Å². The van der Waals surface area contributed by atoms with Gasteiger partial charge in [-0.1, -0.05) is 36.4 Å². The highest BCUT2D eigenvalue weighted by atomic mass is 32.2. The maximum Gasteiger partial charge on any atom is 0.243 e. The maximum absolute atomic E-state index is 13.5. The van der Waals surface area contributed by atoms with Crippen LogP contribution in [0.15, 0.2) is 59.5 Å². The third kappa shape index (κ3) is 3.21. The van der Waals surface area contributed by atoms with Crippen molar-refractivity contribution in [2.24, 2.45) is 5.92 Å². The number of hydrogen-bond acceptors (Lipinski definition) is 4. The predicted octanol–water partition coefficient (Wildman–Crippen LogP) is 2.29. The summed E-state index contributed by atoms with van der Waals surface area (Å²) in [6.07, 6.45) is 0.162. The molecule has 0 radical (unpaired) electrons. The molecule has 0 spiro atoms. The highest BCUT2D eigenvalue weighted by Gasteiger charge is 2.43. The van der Waals surface area contributed by atoms with Crippen LogP contribution in [0.2, 0.25) is 0 Å². The molecule has 6 nitrogen and oxygen atoms in total. The number of hydrogen-bond donors (Lipinski definition) is 0. The molecule has 4 rings (SSSR count). The second kappa shape index (κ2) is 6.98. The van der Waals surface area contributed by atoms with Crippen molar-refractivity contribution in [3.8, 4) is 5.75 Å². The largest absolute Gasteiger partial charge is 0.493 e. The molecule has 2 aliphatic rings. The first-order valence-corrected chi connectivity index (χ1v) is 10.4. The molecule has 0 bridgehead atoms. The van der Waals surface area contributed by atoms with Gasteiger partial charge in [0.15, 0.2) is 0 Å². The molecule has 0 saturated carbocycles. The number of nitrogens with zero attached hydrogens (tertiary/aromatic N) is 2. The Hall–Kier alpha value is -2.38. The van der Waals surface area contributed by atoms with E-state index in [4.69, 9.17) is 4.74 Å². The molecule has 142 valence electrons. The normalized spacial score (nSPS) is 23.6. The summed E-state index contributed by atoms with van der Waals surface area (Å²) in [5.74, 6) is 0.523. The molecule has 1 saturated heterocycles. The fourth-order valence-corrected chi connectivity index (χ4v) is 5.62. The standard InChI is InChI=1S/C20H22N2O4S/c1-21-13-15-14-26-18-10-6-5-9-17(18)20(15)22(12-11-19(21)23)27(24,25)16-7-3-2-4-8-16/h2-10,15,20H,11-14H2,1H3/t15-,20-/m0/s1. The lowest BCUT2D eigenvalue weighted by Gasteiger charge is -2.43. The van der Waals surface area contributed by atoms with Gasteiger partial charge in [-0.3, -0.25) is 4.79 Å². The van der Waals surface area contributed by atoms with E-state index in [1.54, 1.807) is 42.3 Å². The van der Waals surface area contributed by atoms with Crippen LogP contribution in [0, 0.1) is 5.92 Å². The van der Waals surface area contributed by atoms with Crippen LogP contribution in [-0.2, 0) is 14.8 Å². The van der Waals surface area contributed by atoms with Crippen molar-refractivity contribution in [1.29, 1.82) is 0 Å². The molecule has 2 heterocycles. The van der Waals surface area contributed by atoms with Gasteiger partial charge in [0.2, 0.25) is 15.9 Å². The van der Waals surface area contributed by atoms with E-state index >= 15 is 0 Å². The van der Waals surface area contributed by atoms with E-state index in [-0.39, 0.29) is 35.7 Å². The van der Waals surface area contributed by atoms with E-state index in [1.165, 1.54) is 4.31 Å². The summed E-state index contributed by atoms with van der Waals surface area (Å²) in [5.41, 5.74) is 0.857. The molecule has 2 aromatic carbocycles. The van der Waals surface area contributed by atoms with Crippen molar-refractivity contribution >= 4 is 15.9 Å². The number of ether oxygens (including phenoxy) is 1. The molecule has 1 fully saturated rings. The lowest BCUT2D eigenvalue weighted by atomic mass is 9.89. The Morgan fingerprint density at radius 3 is 2.52 bits per heavy atom. The monoisotopic (exact) mass is 386 g/mol. The molecule has 27 heavy (non-hydrogen) atoms. The first kappa shape index (κ1) is 18.0. The van der Waals surface area contributed by atoms with Crippen LogP contribution in [0.5, 0.6) is 5.75 Å². The van der Waals surface area contributed by atoms with Crippen LogP contribution < -0.4 is 4.74 Å². The number of rotatable bonds is 2. The number of benzene rings is 2. The molecule has 0 unspecified atom stereocenters.